The molecule has 174 valence electrons. The number of nitrogens with zero attached hydrogens (tertiary/aromatic N) is 5. The van der Waals surface area contributed by atoms with Crippen LogP contribution in [0.2, 0.25) is 0 Å². The number of carbonyl (C=O) groups is 1. The molecule has 32 heavy (non-hydrogen) atoms. The van der Waals surface area contributed by atoms with Gasteiger partial charge in [0.25, 0.3) is 0 Å². The standard InChI is InChI=1S/C23H32N6O2.HI/c1-24-23(26-17-21-25-9-12-29(21)18-19-5-3-2-4-6-19)28-10-7-20(8-11-28)22(30)27-13-15-31-16-14-27;/h2-6,9,12,20H,7-8,10-11,13-18H2,1H3,(H,24,26);1H. The normalized spacial score (nSPS) is 17.7. The van der Waals surface area contributed by atoms with E-state index in [1.807, 2.05) is 30.4 Å². The van der Waals surface area contributed by atoms with Crippen molar-refractivity contribution < 1.29 is 9.53 Å². The number of nitrogens with one attached hydrogen (secondary N) is 1. The number of imidazole rings is 1. The minimum atomic E-state index is 0. The van der Waals surface area contributed by atoms with Gasteiger partial charge in [-0.3, -0.25) is 9.79 Å². The lowest BCUT2D eigenvalue weighted by molar-refractivity contribution is -0.140. The second kappa shape index (κ2) is 12.2. The second-order valence-electron chi connectivity index (χ2n) is 8.06. The molecule has 3 heterocycles. The molecule has 8 nitrogen and oxygen atoms in total. The largest absolute Gasteiger partial charge is 0.378 e. The number of piperidine rings is 1. The van der Waals surface area contributed by atoms with Gasteiger partial charge in [-0.25, -0.2) is 4.98 Å². The average Bonchev–Trinajstić information content (AvgIpc) is 3.27. The predicted octanol–water partition coefficient (Wildman–Crippen LogP) is 2.20. The van der Waals surface area contributed by atoms with Crippen molar-refractivity contribution >= 4 is 35.8 Å². The first-order valence-electron chi connectivity index (χ1n) is 11.1. The third-order valence-corrected chi connectivity index (χ3v) is 6.08. The molecule has 2 aliphatic heterocycles. The van der Waals surface area contributed by atoms with E-state index in [4.69, 9.17) is 4.74 Å². The molecule has 0 radical (unpaired) electrons. The van der Waals surface area contributed by atoms with Crippen molar-refractivity contribution in [2.75, 3.05) is 46.4 Å². The number of amides is 1. The highest BCUT2D eigenvalue weighted by atomic mass is 127. The van der Waals surface area contributed by atoms with Crippen molar-refractivity contribution in [2.45, 2.75) is 25.9 Å². The van der Waals surface area contributed by atoms with Crippen molar-refractivity contribution in [3.63, 3.8) is 0 Å². The summed E-state index contributed by atoms with van der Waals surface area (Å²) in [5, 5.41) is 3.46. The Morgan fingerprint density at radius 2 is 1.84 bits per heavy atom. The first-order valence-corrected chi connectivity index (χ1v) is 11.1. The molecule has 2 saturated heterocycles. The van der Waals surface area contributed by atoms with E-state index in [-0.39, 0.29) is 35.8 Å². The SMILES string of the molecule is CN=C(NCc1nccn1Cc1ccccc1)N1CCC(C(=O)N2CCOCC2)CC1.I. The predicted molar refractivity (Wildman–Crippen MR) is 135 cm³/mol. The number of guanidine groups is 1. The molecule has 2 aliphatic rings. The van der Waals surface area contributed by atoms with Crippen LogP contribution in [0.4, 0.5) is 0 Å². The molecule has 4 rings (SSSR count). The molecule has 0 saturated carbocycles. The first-order chi connectivity index (χ1) is 15.2. The number of halogens is 1. The van der Waals surface area contributed by atoms with Gasteiger partial charge >= 0.3 is 0 Å². The molecule has 0 unspecified atom stereocenters. The Kier molecular flexibility index (Phi) is 9.34. The van der Waals surface area contributed by atoms with E-state index in [9.17, 15) is 4.79 Å². The zero-order valence-corrected chi connectivity index (χ0v) is 21.0. The summed E-state index contributed by atoms with van der Waals surface area (Å²) in [6.07, 6.45) is 5.57. The van der Waals surface area contributed by atoms with Crippen LogP contribution >= 0.6 is 24.0 Å². The number of aliphatic imine (C=N–C) groups is 1. The smallest absolute Gasteiger partial charge is 0.225 e. The summed E-state index contributed by atoms with van der Waals surface area (Å²) in [6, 6.07) is 10.4. The molecule has 0 atom stereocenters. The minimum Gasteiger partial charge on any atom is -0.378 e. The number of morpholine rings is 1. The maximum Gasteiger partial charge on any atom is 0.225 e. The van der Waals surface area contributed by atoms with E-state index in [0.717, 1.165) is 57.3 Å². The summed E-state index contributed by atoms with van der Waals surface area (Å²) in [5.74, 6) is 2.24. The number of ether oxygens (including phenoxy) is 1. The molecule has 0 aliphatic carbocycles. The zero-order valence-electron chi connectivity index (χ0n) is 18.7. The van der Waals surface area contributed by atoms with Gasteiger partial charge in [0, 0.05) is 58.1 Å². The highest BCUT2D eigenvalue weighted by molar-refractivity contribution is 14.0. The van der Waals surface area contributed by atoms with Crippen LogP contribution in [0.5, 0.6) is 0 Å². The number of rotatable bonds is 5. The van der Waals surface area contributed by atoms with E-state index in [1.165, 1.54) is 5.56 Å². The molecule has 0 bridgehead atoms. The highest BCUT2D eigenvalue weighted by Crippen LogP contribution is 2.20. The van der Waals surface area contributed by atoms with Gasteiger partial charge in [-0.05, 0) is 18.4 Å². The maximum atomic E-state index is 12.8. The van der Waals surface area contributed by atoms with Crippen molar-refractivity contribution in [2.24, 2.45) is 10.9 Å². The Balaban J connectivity index is 0.00000289. The van der Waals surface area contributed by atoms with Crippen LogP contribution in [-0.2, 0) is 22.6 Å². The van der Waals surface area contributed by atoms with Gasteiger partial charge in [0.15, 0.2) is 5.96 Å². The van der Waals surface area contributed by atoms with E-state index in [0.29, 0.717) is 19.8 Å². The number of aromatic nitrogens is 2. The van der Waals surface area contributed by atoms with Gasteiger partial charge < -0.3 is 24.4 Å². The van der Waals surface area contributed by atoms with Crippen molar-refractivity contribution in [3.8, 4) is 0 Å². The van der Waals surface area contributed by atoms with Crippen LogP contribution in [0, 0.1) is 5.92 Å². The molecule has 1 N–H and O–H groups in total. The molecule has 2 aromatic rings. The summed E-state index contributed by atoms with van der Waals surface area (Å²) in [4.78, 5) is 26.0. The van der Waals surface area contributed by atoms with Gasteiger partial charge in [0.05, 0.1) is 19.8 Å². The van der Waals surface area contributed by atoms with Gasteiger partial charge in [-0.15, -0.1) is 24.0 Å². The lowest BCUT2D eigenvalue weighted by Crippen LogP contribution is -2.49. The van der Waals surface area contributed by atoms with Gasteiger partial charge in [-0.1, -0.05) is 30.3 Å². The molecule has 2 fully saturated rings. The van der Waals surface area contributed by atoms with Crippen molar-refractivity contribution in [1.82, 2.24) is 24.7 Å². The number of benzene rings is 1. The van der Waals surface area contributed by atoms with Gasteiger partial charge in [0.1, 0.15) is 5.82 Å². The second-order valence-corrected chi connectivity index (χ2v) is 8.06. The number of hydrogen-bond donors (Lipinski definition) is 1. The maximum absolute atomic E-state index is 12.8. The first kappa shape index (κ1) is 24.5. The highest BCUT2D eigenvalue weighted by Gasteiger charge is 2.30. The minimum absolute atomic E-state index is 0. The van der Waals surface area contributed by atoms with Gasteiger partial charge in [0.2, 0.25) is 5.91 Å². The third-order valence-electron chi connectivity index (χ3n) is 6.08. The lowest BCUT2D eigenvalue weighted by Gasteiger charge is -2.36. The molecule has 1 aromatic carbocycles. The average molecular weight is 552 g/mol. The van der Waals surface area contributed by atoms with E-state index in [1.54, 1.807) is 0 Å². The van der Waals surface area contributed by atoms with Crippen molar-refractivity contribution in [1.29, 1.82) is 0 Å². The van der Waals surface area contributed by atoms with Crippen LogP contribution in [0.25, 0.3) is 0 Å². The Bertz CT molecular complexity index is 874. The van der Waals surface area contributed by atoms with E-state index >= 15 is 0 Å². The Hall–Kier alpha value is -2.14. The van der Waals surface area contributed by atoms with Gasteiger partial charge in [-0.2, -0.15) is 0 Å². The number of likely N-dealkylation sites (tertiary alicyclic amines) is 1. The zero-order chi connectivity index (χ0) is 21.5. The summed E-state index contributed by atoms with van der Waals surface area (Å²) < 4.78 is 7.52. The molecule has 9 heteroatoms. The number of hydrogen-bond acceptors (Lipinski definition) is 4. The monoisotopic (exact) mass is 552 g/mol. The van der Waals surface area contributed by atoms with E-state index in [2.05, 4.69) is 49.0 Å². The molecule has 1 aromatic heterocycles. The summed E-state index contributed by atoms with van der Waals surface area (Å²) in [7, 11) is 1.81. The lowest BCUT2D eigenvalue weighted by atomic mass is 9.95. The topological polar surface area (TPSA) is 75.0 Å². The molecular weight excluding hydrogens is 519 g/mol. The van der Waals surface area contributed by atoms with Crippen LogP contribution in [0.15, 0.2) is 47.7 Å². The molecule has 1 amide bonds. The molecular formula is C23H33IN6O2. The quantitative estimate of drug-likeness (QED) is 0.350. The van der Waals surface area contributed by atoms with Crippen LogP contribution in [-0.4, -0.2) is 77.7 Å². The fraction of sp³-hybridized carbons (Fsp3) is 0.522. The summed E-state index contributed by atoms with van der Waals surface area (Å²) in [5.41, 5.74) is 1.25. The van der Waals surface area contributed by atoms with Crippen LogP contribution in [0.1, 0.15) is 24.2 Å². The summed E-state index contributed by atoms with van der Waals surface area (Å²) >= 11 is 0. The van der Waals surface area contributed by atoms with Crippen molar-refractivity contribution in [3.05, 3.63) is 54.1 Å². The third kappa shape index (κ3) is 6.22. The fourth-order valence-electron chi connectivity index (χ4n) is 4.30. The van der Waals surface area contributed by atoms with Crippen LogP contribution < -0.4 is 5.32 Å². The Morgan fingerprint density at radius 3 is 2.53 bits per heavy atom. The Labute approximate surface area is 207 Å². The Morgan fingerprint density at radius 1 is 1.12 bits per heavy atom. The number of carbonyl (C=O) groups excluding carboxylic acids is 1. The summed E-state index contributed by atoms with van der Waals surface area (Å²) in [6.45, 7) is 5.82. The van der Waals surface area contributed by atoms with Crippen LogP contribution in [0.3, 0.4) is 0 Å². The fourth-order valence-corrected chi connectivity index (χ4v) is 4.30. The molecule has 0 spiro atoms. The van der Waals surface area contributed by atoms with E-state index < -0.39 is 0 Å².